The molecule has 2 aromatic carbocycles. The van der Waals surface area contributed by atoms with Crippen molar-refractivity contribution < 1.29 is 22.6 Å². The lowest BCUT2D eigenvalue weighted by Gasteiger charge is -2.27. The summed E-state index contributed by atoms with van der Waals surface area (Å²) in [4.78, 5) is 0.215. The van der Waals surface area contributed by atoms with Crippen molar-refractivity contribution in [1.82, 2.24) is 4.72 Å². The first-order valence-corrected chi connectivity index (χ1v) is 9.54. The fourth-order valence-electron chi connectivity index (χ4n) is 2.73. The summed E-state index contributed by atoms with van der Waals surface area (Å²) < 4.78 is 44.3. The molecule has 0 amide bonds. The van der Waals surface area contributed by atoms with Crippen LogP contribution in [0.15, 0.2) is 41.3 Å². The summed E-state index contributed by atoms with van der Waals surface area (Å²) >= 11 is 0. The summed E-state index contributed by atoms with van der Waals surface area (Å²) in [7, 11) is 0.903. The first kappa shape index (κ1) is 20.1. The minimum atomic E-state index is -3.73. The Kier molecular flexibility index (Phi) is 5.83. The topological polar surface area (TPSA) is 73.9 Å². The zero-order valence-corrected chi connectivity index (χ0v) is 16.7. The Hall–Kier alpha value is -2.25. The van der Waals surface area contributed by atoms with E-state index in [0.717, 1.165) is 5.56 Å². The Morgan fingerprint density at radius 1 is 0.885 bits per heavy atom. The largest absolute Gasteiger partial charge is 0.497 e. The number of nitrogens with one attached hydrogen (secondary N) is 1. The summed E-state index contributed by atoms with van der Waals surface area (Å²) in [6.45, 7) is 5.33. The summed E-state index contributed by atoms with van der Waals surface area (Å²) in [5.41, 5.74) is 0.509. The second-order valence-corrected chi connectivity index (χ2v) is 8.08. The SMILES string of the molecule is COc1ccc(S(=O)(=O)NC(C)(C)c2ccc(OC)c(OC)c2)c(C)c1. The maximum absolute atomic E-state index is 12.9. The van der Waals surface area contributed by atoms with Crippen LogP contribution in [0.3, 0.4) is 0 Å². The highest BCUT2D eigenvalue weighted by molar-refractivity contribution is 7.89. The Balaban J connectivity index is 2.38. The van der Waals surface area contributed by atoms with Gasteiger partial charge in [-0.15, -0.1) is 0 Å². The number of benzene rings is 2. The van der Waals surface area contributed by atoms with Crippen molar-refractivity contribution in [3.05, 3.63) is 47.5 Å². The molecular weight excluding hydrogens is 354 g/mol. The van der Waals surface area contributed by atoms with Crippen LogP contribution in [0.25, 0.3) is 0 Å². The van der Waals surface area contributed by atoms with Crippen molar-refractivity contribution in [3.8, 4) is 17.2 Å². The van der Waals surface area contributed by atoms with Crippen molar-refractivity contribution in [2.24, 2.45) is 0 Å². The van der Waals surface area contributed by atoms with Crippen LogP contribution in [0.4, 0.5) is 0 Å². The molecule has 0 spiro atoms. The van der Waals surface area contributed by atoms with Crippen LogP contribution in [0.2, 0.25) is 0 Å². The molecule has 0 aromatic heterocycles. The van der Waals surface area contributed by atoms with E-state index < -0.39 is 15.6 Å². The standard InChI is InChI=1S/C19H25NO5S/c1-13-11-15(23-4)8-10-18(13)26(21,22)20-19(2,3)14-7-9-16(24-5)17(12-14)25-6/h7-12,20H,1-6H3. The number of sulfonamides is 1. The highest BCUT2D eigenvalue weighted by atomic mass is 32.2. The number of rotatable bonds is 7. The number of ether oxygens (including phenoxy) is 3. The maximum atomic E-state index is 12.9. The van der Waals surface area contributed by atoms with Gasteiger partial charge in [0.05, 0.1) is 31.8 Å². The second-order valence-electron chi connectivity index (χ2n) is 6.43. The number of aryl methyl sites for hydroxylation is 1. The highest BCUT2D eigenvalue weighted by Crippen LogP contribution is 2.33. The number of methoxy groups -OCH3 is 3. The molecule has 142 valence electrons. The molecule has 0 fully saturated rings. The smallest absolute Gasteiger partial charge is 0.241 e. The van der Waals surface area contributed by atoms with E-state index in [1.54, 1.807) is 72.4 Å². The van der Waals surface area contributed by atoms with Crippen molar-refractivity contribution in [1.29, 1.82) is 0 Å². The molecule has 0 aliphatic rings. The fraction of sp³-hybridized carbons (Fsp3) is 0.368. The van der Waals surface area contributed by atoms with Gasteiger partial charge in [0, 0.05) is 0 Å². The van der Waals surface area contributed by atoms with Crippen LogP contribution in [0.1, 0.15) is 25.0 Å². The van der Waals surface area contributed by atoms with Gasteiger partial charge >= 0.3 is 0 Å². The average Bonchev–Trinajstić information content (AvgIpc) is 2.59. The first-order chi connectivity index (χ1) is 12.1. The van der Waals surface area contributed by atoms with E-state index in [4.69, 9.17) is 14.2 Å². The third-order valence-electron chi connectivity index (χ3n) is 4.17. The van der Waals surface area contributed by atoms with Crippen molar-refractivity contribution in [2.75, 3.05) is 21.3 Å². The summed E-state index contributed by atoms with van der Waals surface area (Å²) in [5.74, 6) is 1.74. The molecule has 1 N–H and O–H groups in total. The summed E-state index contributed by atoms with van der Waals surface area (Å²) in [6.07, 6.45) is 0. The quantitative estimate of drug-likeness (QED) is 0.799. The van der Waals surface area contributed by atoms with E-state index in [0.29, 0.717) is 22.8 Å². The second kappa shape index (κ2) is 7.55. The molecule has 6 nitrogen and oxygen atoms in total. The summed E-state index contributed by atoms with van der Waals surface area (Å²) in [5, 5.41) is 0. The van der Waals surface area contributed by atoms with Crippen LogP contribution in [-0.2, 0) is 15.6 Å². The van der Waals surface area contributed by atoms with Gasteiger partial charge in [-0.05, 0) is 62.2 Å². The number of hydrogen-bond donors (Lipinski definition) is 1. The van der Waals surface area contributed by atoms with Gasteiger partial charge in [-0.25, -0.2) is 13.1 Å². The van der Waals surface area contributed by atoms with Gasteiger partial charge in [0.1, 0.15) is 5.75 Å². The zero-order chi connectivity index (χ0) is 19.5. The Labute approximate surface area is 155 Å². The van der Waals surface area contributed by atoms with E-state index in [9.17, 15) is 8.42 Å². The average molecular weight is 379 g/mol. The van der Waals surface area contributed by atoms with E-state index in [1.165, 1.54) is 0 Å². The molecule has 0 radical (unpaired) electrons. The maximum Gasteiger partial charge on any atom is 0.241 e. The third kappa shape index (κ3) is 4.11. The molecule has 0 saturated carbocycles. The molecule has 0 saturated heterocycles. The van der Waals surface area contributed by atoms with E-state index in [1.807, 2.05) is 6.07 Å². The third-order valence-corrected chi connectivity index (χ3v) is 5.98. The van der Waals surface area contributed by atoms with Crippen molar-refractivity contribution in [2.45, 2.75) is 31.2 Å². The van der Waals surface area contributed by atoms with E-state index in [-0.39, 0.29) is 4.90 Å². The molecule has 0 bridgehead atoms. The molecule has 26 heavy (non-hydrogen) atoms. The van der Waals surface area contributed by atoms with Crippen LogP contribution < -0.4 is 18.9 Å². The Bertz CT molecular complexity index is 891. The van der Waals surface area contributed by atoms with Crippen LogP contribution in [-0.4, -0.2) is 29.7 Å². The molecule has 0 atom stereocenters. The van der Waals surface area contributed by atoms with Gasteiger partial charge in [-0.2, -0.15) is 0 Å². The van der Waals surface area contributed by atoms with Gasteiger partial charge in [0.15, 0.2) is 11.5 Å². The molecule has 0 heterocycles. The number of hydrogen-bond acceptors (Lipinski definition) is 5. The van der Waals surface area contributed by atoms with Gasteiger partial charge in [-0.3, -0.25) is 0 Å². The molecule has 7 heteroatoms. The predicted octanol–water partition coefficient (Wildman–Crippen LogP) is 3.23. The van der Waals surface area contributed by atoms with E-state index >= 15 is 0 Å². The minimum Gasteiger partial charge on any atom is -0.497 e. The molecule has 0 aliphatic carbocycles. The van der Waals surface area contributed by atoms with E-state index in [2.05, 4.69) is 4.72 Å². The fourth-order valence-corrected chi connectivity index (χ4v) is 4.35. The van der Waals surface area contributed by atoms with Crippen LogP contribution in [0, 0.1) is 6.92 Å². The molecule has 0 aliphatic heterocycles. The monoisotopic (exact) mass is 379 g/mol. The highest BCUT2D eigenvalue weighted by Gasteiger charge is 2.29. The van der Waals surface area contributed by atoms with Crippen molar-refractivity contribution >= 4 is 10.0 Å². The van der Waals surface area contributed by atoms with Gasteiger partial charge in [0.25, 0.3) is 0 Å². The van der Waals surface area contributed by atoms with Gasteiger partial charge in [0.2, 0.25) is 10.0 Å². The van der Waals surface area contributed by atoms with Crippen LogP contribution in [0.5, 0.6) is 17.2 Å². The lowest BCUT2D eigenvalue weighted by atomic mass is 9.95. The van der Waals surface area contributed by atoms with Crippen LogP contribution >= 0.6 is 0 Å². The normalized spacial score (nSPS) is 11.9. The first-order valence-electron chi connectivity index (χ1n) is 8.05. The van der Waals surface area contributed by atoms with Gasteiger partial charge < -0.3 is 14.2 Å². The zero-order valence-electron chi connectivity index (χ0n) is 15.9. The molecule has 2 aromatic rings. The van der Waals surface area contributed by atoms with Crippen molar-refractivity contribution in [3.63, 3.8) is 0 Å². The Morgan fingerprint density at radius 2 is 1.54 bits per heavy atom. The molecule has 2 rings (SSSR count). The Morgan fingerprint density at radius 3 is 2.08 bits per heavy atom. The predicted molar refractivity (Wildman–Crippen MR) is 101 cm³/mol. The lowest BCUT2D eigenvalue weighted by molar-refractivity contribution is 0.352. The lowest BCUT2D eigenvalue weighted by Crippen LogP contribution is -2.41. The summed E-state index contributed by atoms with van der Waals surface area (Å²) in [6, 6.07) is 10.2. The molecular formula is C19H25NO5S. The minimum absolute atomic E-state index is 0.215. The van der Waals surface area contributed by atoms with Gasteiger partial charge in [-0.1, -0.05) is 6.07 Å². The molecule has 0 unspecified atom stereocenters.